The number of carbonyl (C=O) groups is 1. The second-order valence-corrected chi connectivity index (χ2v) is 8.73. The van der Waals surface area contributed by atoms with Crippen LogP contribution in [0.2, 0.25) is 10.0 Å². The van der Waals surface area contributed by atoms with Gasteiger partial charge in [0.1, 0.15) is 0 Å². The number of thioether (sulfide) groups is 1. The number of hydrogen-bond donors (Lipinski definition) is 2. The minimum Gasteiger partial charge on any atom is -0.333 e. The summed E-state index contributed by atoms with van der Waals surface area (Å²) in [5.41, 5.74) is 4.48. The van der Waals surface area contributed by atoms with E-state index in [1.54, 1.807) is 12.1 Å². The molecule has 0 aliphatic carbocycles. The molecule has 1 amide bonds. The van der Waals surface area contributed by atoms with Crippen molar-refractivity contribution in [1.29, 1.82) is 0 Å². The Hall–Kier alpha value is -2.06. The number of rotatable bonds is 5. The number of aromatic nitrogens is 3. The zero-order valence-corrected chi connectivity index (χ0v) is 17.8. The van der Waals surface area contributed by atoms with Gasteiger partial charge in [-0.15, -0.1) is 11.3 Å². The Morgan fingerprint density at radius 3 is 2.89 bits per heavy atom. The SMILES string of the molecule is Cc1ccc2nc(SCC(=O)Nc3nc(-c4ccc(Cl)cc4Cl)cs3)[nH]c2c1. The number of hydrogen-bond acceptors (Lipinski definition) is 5. The largest absolute Gasteiger partial charge is 0.333 e. The normalized spacial score (nSPS) is 11.1. The molecule has 0 atom stereocenters. The third-order valence-electron chi connectivity index (χ3n) is 3.91. The molecule has 0 bridgehead atoms. The van der Waals surface area contributed by atoms with Gasteiger partial charge < -0.3 is 10.3 Å². The van der Waals surface area contributed by atoms with Gasteiger partial charge in [-0.2, -0.15) is 0 Å². The topological polar surface area (TPSA) is 70.7 Å². The maximum Gasteiger partial charge on any atom is 0.236 e. The number of H-pyrrole nitrogens is 1. The summed E-state index contributed by atoms with van der Waals surface area (Å²) in [5.74, 6) is 0.0832. The van der Waals surface area contributed by atoms with Crippen molar-refractivity contribution in [3.05, 3.63) is 57.4 Å². The molecule has 4 aromatic rings. The van der Waals surface area contributed by atoms with Crippen LogP contribution in [-0.4, -0.2) is 26.6 Å². The van der Waals surface area contributed by atoms with E-state index in [2.05, 4.69) is 20.3 Å². The molecular weight excluding hydrogens is 435 g/mol. The van der Waals surface area contributed by atoms with Gasteiger partial charge in [-0.05, 0) is 42.8 Å². The maximum atomic E-state index is 12.3. The number of nitrogens with one attached hydrogen (secondary N) is 2. The minimum absolute atomic E-state index is 0.148. The van der Waals surface area contributed by atoms with Gasteiger partial charge in [-0.3, -0.25) is 4.79 Å². The molecule has 0 spiro atoms. The molecular formula is C19H14Cl2N4OS2. The Morgan fingerprint density at radius 2 is 2.07 bits per heavy atom. The zero-order valence-electron chi connectivity index (χ0n) is 14.6. The maximum absolute atomic E-state index is 12.3. The third-order valence-corrected chi connectivity index (χ3v) is 6.09. The molecule has 142 valence electrons. The lowest BCUT2D eigenvalue weighted by Crippen LogP contribution is -2.13. The highest BCUT2D eigenvalue weighted by Crippen LogP contribution is 2.32. The fourth-order valence-corrected chi connectivity index (χ4v) is 4.53. The monoisotopic (exact) mass is 448 g/mol. The molecule has 28 heavy (non-hydrogen) atoms. The van der Waals surface area contributed by atoms with E-state index >= 15 is 0 Å². The molecule has 0 saturated carbocycles. The number of carbonyl (C=O) groups excluding carboxylic acids is 1. The number of aromatic amines is 1. The van der Waals surface area contributed by atoms with E-state index in [1.165, 1.54) is 23.1 Å². The lowest BCUT2D eigenvalue weighted by molar-refractivity contribution is -0.113. The lowest BCUT2D eigenvalue weighted by Gasteiger charge is -2.02. The van der Waals surface area contributed by atoms with Crippen LogP contribution in [0, 0.1) is 6.92 Å². The van der Waals surface area contributed by atoms with E-state index in [4.69, 9.17) is 23.2 Å². The Kier molecular flexibility index (Phi) is 5.59. The van der Waals surface area contributed by atoms with Crippen molar-refractivity contribution in [2.24, 2.45) is 0 Å². The predicted molar refractivity (Wildman–Crippen MR) is 118 cm³/mol. The van der Waals surface area contributed by atoms with Crippen LogP contribution in [0.3, 0.4) is 0 Å². The second-order valence-electron chi connectivity index (χ2n) is 6.06. The molecule has 9 heteroatoms. The molecule has 0 saturated heterocycles. The van der Waals surface area contributed by atoms with Crippen molar-refractivity contribution < 1.29 is 4.79 Å². The number of nitrogens with zero attached hydrogens (tertiary/aromatic N) is 2. The highest BCUT2D eigenvalue weighted by Gasteiger charge is 2.12. The summed E-state index contributed by atoms with van der Waals surface area (Å²) >= 11 is 14.8. The first-order valence-electron chi connectivity index (χ1n) is 8.28. The average molecular weight is 449 g/mol. The number of benzene rings is 2. The molecule has 2 aromatic heterocycles. The number of halogens is 2. The quantitative estimate of drug-likeness (QED) is 0.365. The lowest BCUT2D eigenvalue weighted by atomic mass is 10.2. The summed E-state index contributed by atoms with van der Waals surface area (Å²) in [7, 11) is 0. The number of thiazole rings is 1. The molecule has 2 heterocycles. The van der Waals surface area contributed by atoms with E-state index in [0.717, 1.165) is 22.2 Å². The second kappa shape index (κ2) is 8.13. The van der Waals surface area contributed by atoms with Crippen molar-refractivity contribution in [3.8, 4) is 11.3 Å². The van der Waals surface area contributed by atoms with Crippen LogP contribution in [0.25, 0.3) is 22.3 Å². The Bertz CT molecular complexity index is 1170. The van der Waals surface area contributed by atoms with Crippen LogP contribution >= 0.6 is 46.3 Å². The number of imidazole rings is 1. The number of fused-ring (bicyclic) bond motifs is 1. The Labute approximate surface area is 179 Å². The van der Waals surface area contributed by atoms with Crippen LogP contribution < -0.4 is 5.32 Å². The standard InChI is InChI=1S/C19H14Cl2N4OS2/c1-10-2-5-14-15(6-10)23-18(22-14)28-9-17(26)25-19-24-16(8-27-19)12-4-3-11(20)7-13(12)21/h2-8H,9H2,1H3,(H,22,23)(H,24,25,26). The van der Waals surface area contributed by atoms with E-state index in [-0.39, 0.29) is 11.7 Å². The smallest absolute Gasteiger partial charge is 0.236 e. The van der Waals surface area contributed by atoms with Gasteiger partial charge in [-0.1, -0.05) is 41.0 Å². The highest BCUT2D eigenvalue weighted by atomic mass is 35.5. The van der Waals surface area contributed by atoms with Crippen molar-refractivity contribution in [2.75, 3.05) is 11.1 Å². The molecule has 4 rings (SSSR count). The third kappa shape index (κ3) is 4.33. The van der Waals surface area contributed by atoms with Gasteiger partial charge in [0.2, 0.25) is 5.91 Å². The van der Waals surface area contributed by atoms with E-state index < -0.39 is 0 Å². The van der Waals surface area contributed by atoms with E-state index in [1.807, 2.05) is 36.6 Å². The van der Waals surface area contributed by atoms with E-state index in [0.29, 0.717) is 26.0 Å². The summed E-state index contributed by atoms with van der Waals surface area (Å²) < 4.78 is 0. The van der Waals surface area contributed by atoms with Crippen molar-refractivity contribution >= 4 is 68.4 Å². The summed E-state index contributed by atoms with van der Waals surface area (Å²) in [5, 5.41) is 6.98. The van der Waals surface area contributed by atoms with Gasteiger partial charge in [0, 0.05) is 16.0 Å². The number of aryl methyl sites for hydroxylation is 1. The van der Waals surface area contributed by atoms with Crippen LogP contribution in [-0.2, 0) is 4.79 Å². The first kappa shape index (κ1) is 19.3. The average Bonchev–Trinajstić information content (AvgIpc) is 3.26. The fraction of sp³-hybridized carbons (Fsp3) is 0.105. The van der Waals surface area contributed by atoms with Gasteiger partial charge >= 0.3 is 0 Å². The van der Waals surface area contributed by atoms with Gasteiger partial charge in [0.05, 0.1) is 27.5 Å². The fourth-order valence-electron chi connectivity index (χ4n) is 2.61. The van der Waals surface area contributed by atoms with Gasteiger partial charge in [0.15, 0.2) is 10.3 Å². The van der Waals surface area contributed by atoms with Crippen LogP contribution in [0.5, 0.6) is 0 Å². The minimum atomic E-state index is -0.148. The Morgan fingerprint density at radius 1 is 1.21 bits per heavy atom. The molecule has 0 unspecified atom stereocenters. The van der Waals surface area contributed by atoms with Crippen molar-refractivity contribution in [1.82, 2.24) is 15.0 Å². The summed E-state index contributed by atoms with van der Waals surface area (Å²) in [6.45, 7) is 2.03. The van der Waals surface area contributed by atoms with Gasteiger partial charge in [0.25, 0.3) is 0 Å². The zero-order chi connectivity index (χ0) is 19.7. The molecule has 5 nitrogen and oxygen atoms in total. The van der Waals surface area contributed by atoms with E-state index in [9.17, 15) is 4.79 Å². The number of amides is 1. The molecule has 0 fully saturated rings. The predicted octanol–water partition coefficient (Wildman–Crippen LogP) is 6.03. The molecule has 0 aliphatic rings. The summed E-state index contributed by atoms with van der Waals surface area (Å²) in [6, 6.07) is 11.2. The molecule has 0 radical (unpaired) electrons. The molecule has 0 aliphatic heterocycles. The number of anilines is 1. The van der Waals surface area contributed by atoms with Crippen LogP contribution in [0.15, 0.2) is 46.9 Å². The molecule has 2 aromatic carbocycles. The summed E-state index contributed by atoms with van der Waals surface area (Å²) in [6.07, 6.45) is 0. The summed E-state index contributed by atoms with van der Waals surface area (Å²) in [4.78, 5) is 24.4. The van der Waals surface area contributed by atoms with Crippen LogP contribution in [0.4, 0.5) is 5.13 Å². The Balaban J connectivity index is 1.39. The first-order valence-corrected chi connectivity index (χ1v) is 10.9. The van der Waals surface area contributed by atoms with Crippen LogP contribution in [0.1, 0.15) is 5.56 Å². The van der Waals surface area contributed by atoms with Crippen molar-refractivity contribution in [3.63, 3.8) is 0 Å². The highest BCUT2D eigenvalue weighted by molar-refractivity contribution is 7.99. The van der Waals surface area contributed by atoms with Gasteiger partial charge in [-0.25, -0.2) is 9.97 Å². The van der Waals surface area contributed by atoms with Crippen molar-refractivity contribution in [2.45, 2.75) is 12.1 Å². The first-order chi connectivity index (χ1) is 13.5. The molecule has 2 N–H and O–H groups in total.